The third-order valence-electron chi connectivity index (χ3n) is 3.84. The average Bonchev–Trinajstić information content (AvgIpc) is 2.73. The fourth-order valence-corrected chi connectivity index (χ4v) is 2.78. The van der Waals surface area contributed by atoms with Crippen molar-refractivity contribution in [2.45, 2.75) is 4.90 Å². The van der Waals surface area contributed by atoms with Crippen LogP contribution in [0.3, 0.4) is 0 Å². The largest absolute Gasteiger partial charge is 1.00 e. The molecule has 1 N–H and O–H groups in total. The Kier molecular flexibility index (Phi) is 8.65. The molecule has 0 aliphatic heterocycles. The summed E-state index contributed by atoms with van der Waals surface area (Å²) >= 11 is 0. The first kappa shape index (κ1) is 24.4. The number of hydrogen-bond acceptors (Lipinski definition) is 9. The van der Waals surface area contributed by atoms with Gasteiger partial charge in [-0.25, -0.2) is 8.42 Å². The molecule has 3 rings (SSSR count). The molecule has 3 aromatic rings. The smallest absolute Gasteiger partial charge is 0.744 e. The van der Waals surface area contributed by atoms with Gasteiger partial charge in [0.2, 0.25) is 0 Å². The Hall–Kier alpha value is -2.83. The van der Waals surface area contributed by atoms with Gasteiger partial charge in [-0.2, -0.15) is 10.2 Å². The average molecular weight is 450 g/mol. The second kappa shape index (κ2) is 11.0. The van der Waals surface area contributed by atoms with Gasteiger partial charge in [-0.1, -0.05) is 0 Å². The van der Waals surface area contributed by atoms with Gasteiger partial charge in [-0.05, 0) is 60.7 Å². The van der Waals surface area contributed by atoms with Crippen LogP contribution in [-0.4, -0.2) is 24.6 Å². The Bertz CT molecular complexity index is 1150. The van der Waals surface area contributed by atoms with E-state index in [0.717, 1.165) is 0 Å². The summed E-state index contributed by atoms with van der Waals surface area (Å²) in [6.45, 7) is 0.118. The van der Waals surface area contributed by atoms with Crippen LogP contribution in [0.5, 0.6) is 5.75 Å². The van der Waals surface area contributed by atoms with E-state index in [1.54, 1.807) is 24.3 Å². The maximum absolute atomic E-state index is 10.9. The van der Waals surface area contributed by atoms with Crippen molar-refractivity contribution >= 4 is 32.9 Å². The van der Waals surface area contributed by atoms with Crippen LogP contribution in [0.1, 0.15) is 0 Å². The van der Waals surface area contributed by atoms with Crippen LogP contribution in [0, 0.1) is 10.1 Å². The molecule has 0 amide bonds. The van der Waals surface area contributed by atoms with Gasteiger partial charge in [0, 0.05) is 17.8 Å². The number of nitro groups is 1. The van der Waals surface area contributed by atoms with Crippen LogP contribution < -0.4 is 39.6 Å². The molecule has 31 heavy (non-hydrogen) atoms. The first-order valence-corrected chi connectivity index (χ1v) is 9.91. The fraction of sp³-hybridized carbons (Fsp3) is 0.0526. The molecule has 0 atom stereocenters. The second-order valence-corrected chi connectivity index (χ2v) is 7.29. The second-order valence-electron chi connectivity index (χ2n) is 5.91. The van der Waals surface area contributed by atoms with Gasteiger partial charge in [0.05, 0.1) is 21.2 Å². The summed E-state index contributed by atoms with van der Waals surface area (Å²) < 4.78 is 38.2. The fourth-order valence-electron chi connectivity index (χ4n) is 2.31. The summed E-state index contributed by atoms with van der Waals surface area (Å²) in [4.78, 5) is 9.85. The molecule has 0 saturated heterocycles. The molecule has 12 heteroatoms. The van der Waals surface area contributed by atoms with Gasteiger partial charge in [0.15, 0.2) is 6.73 Å². The molecule has 0 aliphatic carbocycles. The molecule has 10 nitrogen and oxygen atoms in total. The van der Waals surface area contributed by atoms with Crippen LogP contribution >= 0.6 is 0 Å². The SMILES string of the molecule is O=[N+]([O-])c1ccc(N=Nc2ccc(OCNc3ccc(S(=O)(=O)[O-])cc3)cc2)cc1.[Na+]. The van der Waals surface area contributed by atoms with Gasteiger partial charge in [0.25, 0.3) is 5.69 Å². The van der Waals surface area contributed by atoms with Crippen molar-refractivity contribution in [2.75, 3.05) is 12.0 Å². The van der Waals surface area contributed by atoms with E-state index in [9.17, 15) is 23.1 Å². The third kappa shape index (κ3) is 7.42. The van der Waals surface area contributed by atoms with Crippen molar-refractivity contribution in [1.29, 1.82) is 0 Å². The number of ether oxygens (including phenoxy) is 1. The number of hydrogen-bond donors (Lipinski definition) is 1. The number of nitrogens with one attached hydrogen (secondary N) is 1. The molecule has 3 aromatic carbocycles. The quantitative estimate of drug-likeness (QED) is 0.136. The van der Waals surface area contributed by atoms with E-state index in [1.807, 2.05) is 0 Å². The summed E-state index contributed by atoms with van der Waals surface area (Å²) in [7, 11) is -4.47. The van der Waals surface area contributed by atoms with Crippen molar-refractivity contribution in [3.8, 4) is 5.75 Å². The van der Waals surface area contributed by atoms with E-state index in [0.29, 0.717) is 22.8 Å². The maximum atomic E-state index is 10.9. The molecule has 154 valence electrons. The van der Waals surface area contributed by atoms with Crippen molar-refractivity contribution < 1.29 is 52.2 Å². The first-order valence-electron chi connectivity index (χ1n) is 8.50. The van der Waals surface area contributed by atoms with Gasteiger partial charge in [0.1, 0.15) is 15.9 Å². The van der Waals surface area contributed by atoms with Gasteiger partial charge < -0.3 is 14.6 Å². The number of anilines is 1. The molecular formula is C19H15N4NaO6S. The normalized spacial score (nSPS) is 11.0. The maximum Gasteiger partial charge on any atom is 1.00 e. The minimum Gasteiger partial charge on any atom is -0.744 e. The van der Waals surface area contributed by atoms with Crippen molar-refractivity contribution in [3.05, 3.63) is 82.9 Å². The van der Waals surface area contributed by atoms with E-state index in [4.69, 9.17) is 4.74 Å². The summed E-state index contributed by atoms with van der Waals surface area (Å²) in [5, 5.41) is 21.6. The Labute approximate surface area is 200 Å². The Morgan fingerprint density at radius 2 is 1.39 bits per heavy atom. The summed E-state index contributed by atoms with van der Waals surface area (Å²) in [5.41, 5.74) is 1.63. The molecule has 0 spiro atoms. The number of nitrogens with zero attached hydrogens (tertiary/aromatic N) is 3. The first-order chi connectivity index (χ1) is 14.3. The van der Waals surface area contributed by atoms with Crippen LogP contribution in [0.15, 0.2) is 87.9 Å². The van der Waals surface area contributed by atoms with Crippen molar-refractivity contribution in [2.24, 2.45) is 10.2 Å². The molecule has 0 heterocycles. The number of rotatable bonds is 8. The molecular weight excluding hydrogens is 435 g/mol. The standard InChI is InChI=1S/C19H16N4O6S.Na/c24-23(25)17-7-1-15(2-8-17)21-22-16-3-9-18(10-4-16)29-13-20-14-5-11-19(12-6-14)30(26,27)28;/h1-12,20H,13H2,(H,26,27,28);/q;+1/p-1. The van der Waals surface area contributed by atoms with Crippen LogP contribution in [0.4, 0.5) is 22.7 Å². The summed E-state index contributed by atoms with van der Waals surface area (Å²) in [5.74, 6) is 0.565. The van der Waals surface area contributed by atoms with E-state index in [2.05, 4.69) is 15.5 Å². The van der Waals surface area contributed by atoms with Gasteiger partial charge >= 0.3 is 29.6 Å². The number of non-ortho nitro benzene ring substituents is 1. The zero-order valence-corrected chi connectivity index (χ0v) is 19.2. The molecule has 0 radical (unpaired) electrons. The molecule has 0 aliphatic rings. The van der Waals surface area contributed by atoms with Crippen LogP contribution in [-0.2, 0) is 10.1 Å². The molecule has 0 bridgehead atoms. The Morgan fingerprint density at radius 1 is 0.871 bits per heavy atom. The van der Waals surface area contributed by atoms with Crippen molar-refractivity contribution in [1.82, 2.24) is 0 Å². The zero-order valence-electron chi connectivity index (χ0n) is 16.3. The minimum absolute atomic E-state index is 0. The van der Waals surface area contributed by atoms with E-state index >= 15 is 0 Å². The number of nitro benzene ring substituents is 1. The molecule has 0 saturated carbocycles. The Balaban J connectivity index is 0.00000341. The summed E-state index contributed by atoms with van der Waals surface area (Å²) in [6, 6.07) is 17.9. The molecule has 0 aromatic heterocycles. The zero-order chi connectivity index (χ0) is 21.6. The topological polar surface area (TPSA) is 146 Å². The molecule has 0 unspecified atom stereocenters. The predicted molar refractivity (Wildman–Crippen MR) is 107 cm³/mol. The summed E-state index contributed by atoms with van der Waals surface area (Å²) in [6.07, 6.45) is 0. The van der Waals surface area contributed by atoms with E-state index < -0.39 is 15.0 Å². The van der Waals surface area contributed by atoms with Crippen molar-refractivity contribution in [3.63, 3.8) is 0 Å². The van der Waals surface area contributed by atoms with Crippen LogP contribution in [0.2, 0.25) is 0 Å². The molecule has 0 fully saturated rings. The Morgan fingerprint density at radius 3 is 1.87 bits per heavy atom. The van der Waals surface area contributed by atoms with Gasteiger partial charge in [-0.15, -0.1) is 0 Å². The van der Waals surface area contributed by atoms with E-state index in [1.165, 1.54) is 48.5 Å². The third-order valence-corrected chi connectivity index (χ3v) is 4.69. The number of azo groups is 1. The van der Waals surface area contributed by atoms with E-state index in [-0.39, 0.29) is 46.9 Å². The monoisotopic (exact) mass is 450 g/mol. The minimum atomic E-state index is -4.47. The predicted octanol–water partition coefficient (Wildman–Crippen LogP) is 1.37. The number of benzene rings is 3. The van der Waals surface area contributed by atoms with Gasteiger partial charge in [-0.3, -0.25) is 10.1 Å². The van der Waals surface area contributed by atoms with Crippen LogP contribution in [0.25, 0.3) is 0 Å².